The van der Waals surface area contributed by atoms with E-state index in [9.17, 15) is 0 Å². The Morgan fingerprint density at radius 2 is 1.03 bits per heavy atom. The summed E-state index contributed by atoms with van der Waals surface area (Å²) in [6, 6.07) is 68.1. The number of hydrogen-bond acceptors (Lipinski definition) is 5. The molecule has 14 rings (SSSR count). The Morgan fingerprint density at radius 1 is 0.349 bits per heavy atom. The van der Waals surface area contributed by atoms with Gasteiger partial charge in [-0.1, -0.05) is 140 Å². The highest BCUT2D eigenvalue weighted by Crippen LogP contribution is 2.42. The highest BCUT2D eigenvalue weighted by molar-refractivity contribution is 6.22. The average Bonchev–Trinajstić information content (AvgIpc) is 4.02. The van der Waals surface area contributed by atoms with Crippen LogP contribution >= 0.6 is 0 Å². The van der Waals surface area contributed by atoms with Crippen molar-refractivity contribution in [2.45, 2.75) is 0 Å². The Hall–Kier alpha value is -8.61. The summed E-state index contributed by atoms with van der Waals surface area (Å²) in [5.41, 5.74) is 9.33. The van der Waals surface area contributed by atoms with Crippen LogP contribution < -0.4 is 0 Å². The van der Waals surface area contributed by atoms with Crippen LogP contribution in [0.5, 0.6) is 0 Å². The molecule has 4 aromatic heterocycles. The number of para-hydroxylation sites is 2. The van der Waals surface area contributed by atoms with Crippen LogP contribution in [0.2, 0.25) is 0 Å². The fraction of sp³-hybridized carbons (Fsp3) is 0. The van der Waals surface area contributed by atoms with Gasteiger partial charge in [0, 0.05) is 54.5 Å². The molecule has 0 atom stereocenters. The number of benzene rings is 10. The molecule has 4 heterocycles. The number of furan rings is 2. The summed E-state index contributed by atoms with van der Waals surface area (Å²) in [5, 5.41) is 13.7. The Kier molecular flexibility index (Phi) is 7.02. The molecule has 292 valence electrons. The topological polar surface area (TPSA) is 69.9 Å². The second-order valence-corrected chi connectivity index (χ2v) is 16.3. The summed E-state index contributed by atoms with van der Waals surface area (Å²) in [4.78, 5) is 15.3. The lowest BCUT2D eigenvalue weighted by atomic mass is 10.0. The van der Waals surface area contributed by atoms with E-state index in [-0.39, 0.29) is 0 Å². The molecule has 0 aliphatic heterocycles. The quantitative estimate of drug-likeness (QED) is 0.177. The van der Waals surface area contributed by atoms with Gasteiger partial charge < -0.3 is 13.4 Å². The molecular weight excluding hydrogens is 773 g/mol. The van der Waals surface area contributed by atoms with Crippen molar-refractivity contribution in [2.24, 2.45) is 0 Å². The minimum Gasteiger partial charge on any atom is -0.456 e. The van der Waals surface area contributed by atoms with Gasteiger partial charge in [0.25, 0.3) is 0 Å². The van der Waals surface area contributed by atoms with Crippen molar-refractivity contribution in [3.8, 4) is 39.9 Å². The van der Waals surface area contributed by atoms with Crippen LogP contribution in [0, 0.1) is 0 Å². The zero-order valence-corrected chi connectivity index (χ0v) is 33.6. The largest absolute Gasteiger partial charge is 0.456 e. The van der Waals surface area contributed by atoms with Crippen LogP contribution in [0.15, 0.2) is 203 Å². The van der Waals surface area contributed by atoms with Gasteiger partial charge in [-0.15, -0.1) is 0 Å². The van der Waals surface area contributed by atoms with Gasteiger partial charge in [0.1, 0.15) is 22.3 Å². The van der Waals surface area contributed by atoms with E-state index in [0.29, 0.717) is 17.5 Å². The lowest BCUT2D eigenvalue weighted by molar-refractivity contribution is 0.669. The van der Waals surface area contributed by atoms with Crippen LogP contribution in [0.1, 0.15) is 0 Å². The molecule has 0 bridgehead atoms. The molecule has 0 aliphatic carbocycles. The van der Waals surface area contributed by atoms with E-state index < -0.39 is 0 Å². The zero-order chi connectivity index (χ0) is 41.2. The van der Waals surface area contributed by atoms with Crippen molar-refractivity contribution in [2.75, 3.05) is 0 Å². The first-order valence-corrected chi connectivity index (χ1v) is 21.2. The lowest BCUT2D eigenvalue weighted by Crippen LogP contribution is -2.00. The second kappa shape index (κ2) is 12.9. The van der Waals surface area contributed by atoms with Gasteiger partial charge in [-0.25, -0.2) is 15.0 Å². The van der Waals surface area contributed by atoms with Crippen molar-refractivity contribution in [3.63, 3.8) is 0 Å². The van der Waals surface area contributed by atoms with Crippen LogP contribution in [0.4, 0.5) is 0 Å². The van der Waals surface area contributed by atoms with Crippen molar-refractivity contribution < 1.29 is 8.83 Å². The van der Waals surface area contributed by atoms with E-state index >= 15 is 0 Å². The van der Waals surface area contributed by atoms with Gasteiger partial charge in [-0.3, -0.25) is 0 Å². The molecule has 0 fully saturated rings. The maximum absolute atomic E-state index is 6.59. The highest BCUT2D eigenvalue weighted by atomic mass is 16.3. The first-order chi connectivity index (χ1) is 31.2. The third kappa shape index (κ3) is 5.09. The SMILES string of the molecule is c1ccc(-c2nc(-c3ccc4c(ccc5oc6ccc(-n7c8cc9ccccc9cc8c8ccc9ccccc9c87)cc6c54)c3)nc(-c3cccc4c3oc3ccccc34)n2)cc1. The molecule has 10 aromatic carbocycles. The molecule has 0 saturated heterocycles. The molecule has 0 unspecified atom stereocenters. The number of hydrogen-bond donors (Lipinski definition) is 0. The smallest absolute Gasteiger partial charge is 0.167 e. The van der Waals surface area contributed by atoms with Gasteiger partial charge in [0.15, 0.2) is 17.5 Å². The van der Waals surface area contributed by atoms with Gasteiger partial charge >= 0.3 is 0 Å². The summed E-state index contributed by atoms with van der Waals surface area (Å²) in [7, 11) is 0. The van der Waals surface area contributed by atoms with Crippen LogP contribution in [-0.4, -0.2) is 19.5 Å². The van der Waals surface area contributed by atoms with Crippen LogP contribution in [-0.2, 0) is 0 Å². The molecule has 0 radical (unpaired) electrons. The van der Waals surface area contributed by atoms with Gasteiger partial charge in [0.05, 0.1) is 16.6 Å². The standard InChI is InChI=1S/C57H32N4O2/c1-2-12-34(13-3-1)55-58-56(60-57(59-55)45-19-10-18-44-42-17-8-9-20-49(42)63-54(44)45)38-22-25-40-37(29-38)23-27-51-52(40)47-32-39(24-28-50(47)62-51)61-48-31-36-15-5-4-14-35(36)30-46(48)43-26-21-33-11-6-7-16-41(33)53(43)61/h1-32H. The maximum atomic E-state index is 6.59. The first kappa shape index (κ1) is 34.1. The van der Waals surface area contributed by atoms with Crippen LogP contribution in [0.25, 0.3) is 138 Å². The normalized spacial score (nSPS) is 12.1. The number of fused-ring (bicyclic) bond motifs is 14. The van der Waals surface area contributed by atoms with E-state index in [1.54, 1.807) is 0 Å². The summed E-state index contributed by atoms with van der Waals surface area (Å²) < 4.78 is 15.5. The molecule has 6 nitrogen and oxygen atoms in total. The fourth-order valence-corrected chi connectivity index (χ4v) is 9.87. The summed E-state index contributed by atoms with van der Waals surface area (Å²) in [6.07, 6.45) is 0. The minimum absolute atomic E-state index is 0.554. The zero-order valence-electron chi connectivity index (χ0n) is 33.6. The third-order valence-corrected chi connectivity index (χ3v) is 12.8. The van der Waals surface area contributed by atoms with Crippen LogP contribution in [0.3, 0.4) is 0 Å². The first-order valence-electron chi connectivity index (χ1n) is 21.2. The molecule has 0 saturated carbocycles. The summed E-state index contributed by atoms with van der Waals surface area (Å²) >= 11 is 0. The van der Waals surface area contributed by atoms with E-state index in [1.165, 1.54) is 43.4 Å². The fourth-order valence-electron chi connectivity index (χ4n) is 9.87. The third-order valence-electron chi connectivity index (χ3n) is 12.8. The average molecular weight is 805 g/mol. The van der Waals surface area contributed by atoms with Crippen molar-refractivity contribution in [1.82, 2.24) is 19.5 Å². The van der Waals surface area contributed by atoms with Crippen molar-refractivity contribution in [1.29, 1.82) is 0 Å². The maximum Gasteiger partial charge on any atom is 0.167 e. The second-order valence-electron chi connectivity index (χ2n) is 16.3. The van der Waals surface area contributed by atoms with E-state index in [2.05, 4.69) is 138 Å². The monoisotopic (exact) mass is 804 g/mol. The van der Waals surface area contributed by atoms with E-state index in [1.807, 2.05) is 60.7 Å². The van der Waals surface area contributed by atoms with Crippen molar-refractivity contribution in [3.05, 3.63) is 194 Å². The Bertz CT molecular complexity index is 4220. The molecular formula is C57H32N4O2. The summed E-state index contributed by atoms with van der Waals surface area (Å²) in [5.74, 6) is 1.73. The Labute approximate surface area is 358 Å². The minimum atomic E-state index is 0.554. The van der Waals surface area contributed by atoms with E-state index in [0.717, 1.165) is 77.0 Å². The predicted octanol–water partition coefficient (Wildman–Crippen LogP) is 15.2. The molecule has 63 heavy (non-hydrogen) atoms. The summed E-state index contributed by atoms with van der Waals surface area (Å²) in [6.45, 7) is 0. The number of nitrogens with zero attached hydrogens (tertiary/aromatic N) is 4. The molecule has 14 aromatic rings. The number of aromatic nitrogens is 4. The molecule has 0 spiro atoms. The highest BCUT2D eigenvalue weighted by Gasteiger charge is 2.21. The molecule has 0 aliphatic rings. The van der Waals surface area contributed by atoms with Crippen molar-refractivity contribution >= 4 is 98.0 Å². The Morgan fingerprint density at radius 3 is 1.92 bits per heavy atom. The molecule has 0 N–H and O–H groups in total. The van der Waals surface area contributed by atoms with Gasteiger partial charge in [0.2, 0.25) is 0 Å². The predicted molar refractivity (Wildman–Crippen MR) is 258 cm³/mol. The Balaban J connectivity index is 0.967. The number of rotatable bonds is 4. The molecule has 0 amide bonds. The molecule has 6 heteroatoms. The van der Waals surface area contributed by atoms with E-state index in [4.69, 9.17) is 23.8 Å². The van der Waals surface area contributed by atoms with Gasteiger partial charge in [-0.05, 0) is 81.5 Å². The lowest BCUT2D eigenvalue weighted by Gasteiger charge is -2.11. The van der Waals surface area contributed by atoms with Gasteiger partial charge in [-0.2, -0.15) is 0 Å².